The second-order valence-electron chi connectivity index (χ2n) is 8.98. The summed E-state index contributed by atoms with van der Waals surface area (Å²) < 4.78 is 26.1. The molecule has 0 bridgehead atoms. The Bertz CT molecular complexity index is 1720. The molecule has 0 aliphatic heterocycles. The van der Waals surface area contributed by atoms with Crippen LogP contribution in [0.2, 0.25) is 0 Å². The maximum atomic E-state index is 13.4. The number of nitrogens with zero attached hydrogens (tertiary/aromatic N) is 4. The van der Waals surface area contributed by atoms with E-state index < -0.39 is 34.5 Å². The highest BCUT2D eigenvalue weighted by molar-refractivity contribution is 9.10. The van der Waals surface area contributed by atoms with E-state index in [9.17, 15) is 24.1 Å². The number of hydrogen-bond donors (Lipinski definition) is 1. The summed E-state index contributed by atoms with van der Waals surface area (Å²) in [4.78, 5) is 41.6. The minimum Gasteiger partial charge on any atom is -0.493 e. The van der Waals surface area contributed by atoms with Crippen LogP contribution in [-0.2, 0) is 4.79 Å². The van der Waals surface area contributed by atoms with Crippen molar-refractivity contribution in [2.75, 3.05) is 19.0 Å². The van der Waals surface area contributed by atoms with Crippen LogP contribution in [0.15, 0.2) is 69.0 Å². The summed E-state index contributed by atoms with van der Waals surface area (Å²) in [6.45, 7) is 3.28. The fourth-order valence-corrected chi connectivity index (χ4v) is 4.28. The molecule has 0 saturated carbocycles. The Hall–Kier alpha value is -4.65. The van der Waals surface area contributed by atoms with Gasteiger partial charge in [-0.25, -0.2) is 9.37 Å². The number of rotatable bonds is 10. The van der Waals surface area contributed by atoms with Crippen molar-refractivity contribution in [2.24, 2.45) is 5.10 Å². The second kappa shape index (κ2) is 12.7. The zero-order valence-electron chi connectivity index (χ0n) is 22.3. The summed E-state index contributed by atoms with van der Waals surface area (Å²) in [6.07, 6.45) is 1.98. The van der Waals surface area contributed by atoms with Gasteiger partial charge < -0.3 is 14.8 Å². The van der Waals surface area contributed by atoms with E-state index in [1.807, 2.05) is 13.8 Å². The molecule has 0 radical (unpaired) electrons. The van der Waals surface area contributed by atoms with Gasteiger partial charge in [0.1, 0.15) is 11.6 Å². The molecule has 1 amide bonds. The zero-order chi connectivity index (χ0) is 29.7. The summed E-state index contributed by atoms with van der Waals surface area (Å²) >= 11 is 3.37. The number of halogens is 2. The molecule has 0 aliphatic carbocycles. The molecule has 4 aromatic rings. The number of benzene rings is 3. The lowest BCUT2D eigenvalue weighted by atomic mass is 10.1. The molecule has 0 saturated heterocycles. The molecule has 1 atom stereocenters. The molecule has 11 nitrogen and oxygen atoms in total. The Morgan fingerprint density at radius 2 is 2.05 bits per heavy atom. The first-order valence-electron chi connectivity index (χ1n) is 12.4. The molecule has 1 heterocycles. The van der Waals surface area contributed by atoms with Gasteiger partial charge in [0.15, 0.2) is 12.4 Å². The van der Waals surface area contributed by atoms with Crippen LogP contribution in [0.25, 0.3) is 10.9 Å². The van der Waals surface area contributed by atoms with E-state index in [0.717, 1.165) is 6.07 Å². The van der Waals surface area contributed by atoms with Crippen LogP contribution in [0.3, 0.4) is 0 Å². The molecule has 0 spiro atoms. The summed E-state index contributed by atoms with van der Waals surface area (Å²) in [7, 11) is 1.29. The van der Waals surface area contributed by atoms with Gasteiger partial charge in [0.2, 0.25) is 5.75 Å². The summed E-state index contributed by atoms with van der Waals surface area (Å²) in [5.41, 5.74) is 0.0869. The maximum absolute atomic E-state index is 13.4. The van der Waals surface area contributed by atoms with Crippen molar-refractivity contribution in [2.45, 2.75) is 26.2 Å². The van der Waals surface area contributed by atoms with Gasteiger partial charge >= 0.3 is 5.69 Å². The summed E-state index contributed by atoms with van der Waals surface area (Å²) in [6, 6.07) is 13.1. The topological polar surface area (TPSA) is 138 Å². The van der Waals surface area contributed by atoms with Gasteiger partial charge in [0.05, 0.1) is 29.2 Å². The fourth-order valence-electron chi connectivity index (χ4n) is 3.92. The molecule has 41 heavy (non-hydrogen) atoms. The number of ether oxygens (including phenoxy) is 2. The Balaban J connectivity index is 1.68. The molecular weight excluding hydrogens is 601 g/mol. The third-order valence-electron chi connectivity index (χ3n) is 6.14. The monoisotopic (exact) mass is 625 g/mol. The SMILES string of the molecule is CC[C@H](C)c1nc2ccc(Br)cc2c(=O)n1N=Cc1cc(OC)c(OCC(=O)Nc2cccc(F)c2)c([N+](=O)[O-])c1. The first-order valence-corrected chi connectivity index (χ1v) is 13.2. The number of nitro groups is 1. The first-order chi connectivity index (χ1) is 19.6. The van der Waals surface area contributed by atoms with E-state index in [2.05, 4.69) is 31.3 Å². The van der Waals surface area contributed by atoms with Crippen LogP contribution in [0.5, 0.6) is 11.5 Å². The number of methoxy groups -OCH3 is 1. The lowest BCUT2D eigenvalue weighted by Gasteiger charge is -2.14. The quantitative estimate of drug-likeness (QED) is 0.137. The third-order valence-corrected chi connectivity index (χ3v) is 6.63. The number of amides is 1. The van der Waals surface area contributed by atoms with Gasteiger partial charge in [-0.05, 0) is 48.9 Å². The Morgan fingerprint density at radius 3 is 2.73 bits per heavy atom. The van der Waals surface area contributed by atoms with E-state index in [4.69, 9.17) is 9.47 Å². The average Bonchev–Trinajstić information content (AvgIpc) is 2.95. The van der Waals surface area contributed by atoms with E-state index in [0.29, 0.717) is 27.6 Å². The van der Waals surface area contributed by atoms with Gasteiger partial charge in [0, 0.05) is 27.7 Å². The average molecular weight is 626 g/mol. The number of aromatic nitrogens is 2. The van der Waals surface area contributed by atoms with Crippen molar-refractivity contribution in [1.82, 2.24) is 9.66 Å². The molecular formula is C28H25BrFN5O6. The normalized spacial score (nSPS) is 11.9. The van der Waals surface area contributed by atoms with Crippen LogP contribution in [0.1, 0.15) is 37.6 Å². The molecule has 0 unspecified atom stereocenters. The van der Waals surface area contributed by atoms with E-state index >= 15 is 0 Å². The van der Waals surface area contributed by atoms with E-state index in [-0.39, 0.29) is 28.7 Å². The minimum absolute atomic E-state index is 0.0331. The van der Waals surface area contributed by atoms with Gasteiger partial charge in [0.25, 0.3) is 11.5 Å². The van der Waals surface area contributed by atoms with Gasteiger partial charge in [-0.15, -0.1) is 0 Å². The molecule has 0 aliphatic rings. The predicted molar refractivity (Wildman–Crippen MR) is 156 cm³/mol. The van der Waals surface area contributed by atoms with Crippen molar-refractivity contribution < 1.29 is 23.6 Å². The number of carbonyl (C=O) groups excluding carboxylic acids is 1. The lowest BCUT2D eigenvalue weighted by molar-refractivity contribution is -0.385. The van der Waals surface area contributed by atoms with Crippen LogP contribution in [-0.4, -0.2) is 40.4 Å². The maximum Gasteiger partial charge on any atom is 0.315 e. The molecule has 1 aromatic heterocycles. The van der Waals surface area contributed by atoms with Gasteiger partial charge in [-0.1, -0.05) is 35.8 Å². The third kappa shape index (κ3) is 6.74. The molecule has 4 rings (SSSR count). The smallest absolute Gasteiger partial charge is 0.315 e. The fraction of sp³-hybridized carbons (Fsp3) is 0.214. The largest absolute Gasteiger partial charge is 0.493 e. The standard InChI is InChI=1S/C28H25BrFN5O6/c1-4-16(2)27-33-22-9-8-18(29)12-21(22)28(37)34(27)31-14-17-10-23(35(38)39)26(24(11-17)40-3)41-15-25(36)32-20-7-5-6-19(30)13-20/h5-14,16H,4,15H2,1-3H3,(H,32,36)/t16-/m0/s1. The summed E-state index contributed by atoms with van der Waals surface area (Å²) in [5, 5.41) is 19.1. The van der Waals surface area contributed by atoms with Gasteiger partial charge in [-0.3, -0.25) is 19.7 Å². The lowest BCUT2D eigenvalue weighted by Crippen LogP contribution is -2.23. The first kappa shape index (κ1) is 29.3. The van der Waals surface area contributed by atoms with E-state index in [1.54, 1.807) is 18.2 Å². The molecule has 3 aromatic carbocycles. The number of carbonyl (C=O) groups is 1. The van der Waals surface area contributed by atoms with Crippen LogP contribution in [0.4, 0.5) is 15.8 Å². The zero-order valence-corrected chi connectivity index (χ0v) is 23.8. The van der Waals surface area contributed by atoms with Crippen molar-refractivity contribution >= 4 is 50.3 Å². The Labute approximate surface area is 241 Å². The Kier molecular flexibility index (Phi) is 9.07. The molecule has 212 valence electrons. The Morgan fingerprint density at radius 1 is 1.27 bits per heavy atom. The van der Waals surface area contributed by atoms with Crippen molar-refractivity contribution in [3.8, 4) is 11.5 Å². The number of nitrogens with one attached hydrogen (secondary N) is 1. The second-order valence-corrected chi connectivity index (χ2v) is 9.89. The minimum atomic E-state index is -0.689. The summed E-state index contributed by atoms with van der Waals surface area (Å²) in [5.74, 6) is -1.18. The number of anilines is 1. The van der Waals surface area contributed by atoms with Crippen molar-refractivity contribution in [3.05, 3.63) is 96.7 Å². The highest BCUT2D eigenvalue weighted by atomic mass is 79.9. The predicted octanol–water partition coefficient (Wildman–Crippen LogP) is 5.63. The van der Waals surface area contributed by atoms with Crippen LogP contribution < -0.4 is 20.3 Å². The molecule has 0 fully saturated rings. The number of hydrogen-bond acceptors (Lipinski definition) is 8. The highest BCUT2D eigenvalue weighted by Gasteiger charge is 2.23. The number of fused-ring (bicyclic) bond motifs is 1. The van der Waals surface area contributed by atoms with Gasteiger partial charge in [-0.2, -0.15) is 9.78 Å². The number of nitro benzene ring substituents is 1. The van der Waals surface area contributed by atoms with Crippen LogP contribution in [0, 0.1) is 15.9 Å². The highest BCUT2D eigenvalue weighted by Crippen LogP contribution is 2.38. The van der Waals surface area contributed by atoms with Crippen LogP contribution >= 0.6 is 15.9 Å². The molecule has 1 N–H and O–H groups in total. The van der Waals surface area contributed by atoms with Crippen molar-refractivity contribution in [1.29, 1.82) is 0 Å². The molecule has 13 heteroatoms. The van der Waals surface area contributed by atoms with Crippen molar-refractivity contribution in [3.63, 3.8) is 0 Å². The van der Waals surface area contributed by atoms with E-state index in [1.165, 1.54) is 48.3 Å².